The van der Waals surface area contributed by atoms with Crippen LogP contribution in [0.4, 0.5) is 22.7 Å². The fraction of sp³-hybridized carbons (Fsp3) is 0.462. The number of nitrogens with zero attached hydrogens (tertiary/aromatic N) is 5. The molecule has 0 atom stereocenters. The van der Waals surface area contributed by atoms with Crippen molar-refractivity contribution in [2.75, 3.05) is 49.4 Å². The molecule has 0 N–H and O–H groups in total. The van der Waals surface area contributed by atoms with Crippen molar-refractivity contribution in [2.24, 2.45) is 0 Å². The number of hydrogen-bond donors (Lipinski definition) is 0. The summed E-state index contributed by atoms with van der Waals surface area (Å²) < 4.78 is 0. The van der Waals surface area contributed by atoms with E-state index in [9.17, 15) is 29.8 Å². The summed E-state index contributed by atoms with van der Waals surface area (Å²) >= 11 is 5.64. The van der Waals surface area contributed by atoms with Crippen LogP contribution in [0.15, 0.2) is 36.4 Å². The first-order valence-corrected chi connectivity index (χ1v) is 13.0. The smallest absolute Gasteiger partial charge is 0.269 e. The topological polar surface area (TPSA) is 130 Å². The van der Waals surface area contributed by atoms with Gasteiger partial charge in [0, 0.05) is 67.5 Å². The van der Waals surface area contributed by atoms with Gasteiger partial charge < -0.3 is 14.7 Å². The molecule has 0 saturated carbocycles. The number of anilines is 2. The highest BCUT2D eigenvalue weighted by Gasteiger charge is 2.26. The second-order valence-corrected chi connectivity index (χ2v) is 9.81. The van der Waals surface area contributed by atoms with Crippen molar-refractivity contribution in [3.8, 4) is 0 Å². The van der Waals surface area contributed by atoms with Crippen LogP contribution < -0.4 is 9.80 Å². The standard InChI is InChI=1S/C14H19N3O3.C12H13ClN2O3/c1-15(2)8-3-9-16-13-6-5-12(17(19)20)10-11(13)4-7-14(16)18;13-6-1-7-14-11-4-3-10(15(17)18)8-9(11)2-5-12(14)16/h5-6,10H,3-4,7-9H2,1-2H3;3-4,8H,1-2,5-7H2. The highest BCUT2D eigenvalue weighted by atomic mass is 35.5. The van der Waals surface area contributed by atoms with E-state index in [-0.39, 0.29) is 23.2 Å². The number of nitro groups is 2. The second kappa shape index (κ2) is 13.3. The number of fused-ring (bicyclic) bond motifs is 2. The van der Waals surface area contributed by atoms with Gasteiger partial charge in [-0.25, -0.2) is 0 Å². The Morgan fingerprint density at radius 1 is 0.789 bits per heavy atom. The van der Waals surface area contributed by atoms with E-state index in [4.69, 9.17) is 11.6 Å². The van der Waals surface area contributed by atoms with Crippen LogP contribution in [-0.2, 0) is 22.4 Å². The van der Waals surface area contributed by atoms with Crippen molar-refractivity contribution in [1.82, 2.24) is 4.90 Å². The minimum Gasteiger partial charge on any atom is -0.312 e. The van der Waals surface area contributed by atoms with Crippen molar-refractivity contribution in [1.29, 1.82) is 0 Å². The van der Waals surface area contributed by atoms with Crippen molar-refractivity contribution in [2.45, 2.75) is 38.5 Å². The van der Waals surface area contributed by atoms with Crippen LogP contribution in [0.1, 0.15) is 36.8 Å². The van der Waals surface area contributed by atoms with E-state index >= 15 is 0 Å². The number of non-ortho nitro benzene ring substituents is 2. The molecule has 12 heteroatoms. The molecule has 4 rings (SSSR count). The van der Waals surface area contributed by atoms with Crippen LogP contribution in [0.3, 0.4) is 0 Å². The molecule has 2 aromatic carbocycles. The van der Waals surface area contributed by atoms with E-state index < -0.39 is 9.85 Å². The Hall–Kier alpha value is -3.57. The summed E-state index contributed by atoms with van der Waals surface area (Å²) in [6.07, 6.45) is 3.57. The number of benzene rings is 2. The van der Waals surface area contributed by atoms with Gasteiger partial charge in [0.15, 0.2) is 0 Å². The molecule has 2 aliphatic heterocycles. The Bertz CT molecular complexity index is 1200. The van der Waals surface area contributed by atoms with Gasteiger partial charge in [0.1, 0.15) is 0 Å². The van der Waals surface area contributed by atoms with Gasteiger partial charge in [0.2, 0.25) is 11.8 Å². The van der Waals surface area contributed by atoms with E-state index in [1.165, 1.54) is 12.1 Å². The second-order valence-electron chi connectivity index (χ2n) is 9.43. The SMILES string of the molecule is CN(C)CCCN1C(=O)CCc2cc([N+](=O)[O-])ccc21.O=C1CCc2cc([N+](=O)[O-])ccc2N1CCCCl. The van der Waals surface area contributed by atoms with Crippen molar-refractivity contribution >= 4 is 46.2 Å². The van der Waals surface area contributed by atoms with Gasteiger partial charge in [-0.1, -0.05) is 0 Å². The average molecular weight is 546 g/mol. The lowest BCUT2D eigenvalue weighted by Gasteiger charge is -2.29. The summed E-state index contributed by atoms with van der Waals surface area (Å²) in [5.74, 6) is 0.651. The third-order valence-electron chi connectivity index (χ3n) is 6.45. The highest BCUT2D eigenvalue weighted by Crippen LogP contribution is 2.32. The van der Waals surface area contributed by atoms with E-state index in [1.54, 1.807) is 34.1 Å². The molecule has 0 radical (unpaired) electrons. The molecule has 38 heavy (non-hydrogen) atoms. The fourth-order valence-corrected chi connectivity index (χ4v) is 4.69. The number of amides is 2. The number of halogens is 1. The van der Waals surface area contributed by atoms with Gasteiger partial charge >= 0.3 is 0 Å². The predicted octanol–water partition coefficient (Wildman–Crippen LogP) is 4.33. The van der Waals surface area contributed by atoms with E-state index in [0.717, 1.165) is 35.5 Å². The summed E-state index contributed by atoms with van der Waals surface area (Å²) in [5.41, 5.74) is 3.52. The first kappa shape index (κ1) is 29.0. The van der Waals surface area contributed by atoms with Gasteiger partial charge in [-0.2, -0.15) is 0 Å². The van der Waals surface area contributed by atoms with Gasteiger partial charge in [-0.3, -0.25) is 29.8 Å². The van der Waals surface area contributed by atoms with Crippen LogP contribution >= 0.6 is 11.6 Å². The zero-order chi connectivity index (χ0) is 27.8. The minimum absolute atomic E-state index is 0.0569. The van der Waals surface area contributed by atoms with Crippen LogP contribution in [0.2, 0.25) is 0 Å². The zero-order valence-electron chi connectivity index (χ0n) is 21.6. The predicted molar refractivity (Wildman–Crippen MR) is 146 cm³/mol. The summed E-state index contributed by atoms with van der Waals surface area (Å²) in [5, 5.41) is 21.5. The molecule has 2 aliphatic rings. The molecule has 2 aromatic rings. The molecule has 0 spiro atoms. The third-order valence-corrected chi connectivity index (χ3v) is 6.72. The first-order chi connectivity index (χ1) is 18.1. The lowest BCUT2D eigenvalue weighted by atomic mass is 10.00. The highest BCUT2D eigenvalue weighted by molar-refractivity contribution is 6.17. The number of alkyl halides is 1. The molecule has 0 fully saturated rings. The number of carbonyl (C=O) groups is 2. The maximum Gasteiger partial charge on any atom is 0.269 e. The number of nitro benzene ring substituents is 2. The Morgan fingerprint density at radius 2 is 1.24 bits per heavy atom. The van der Waals surface area contributed by atoms with Crippen molar-refractivity contribution in [3.05, 3.63) is 67.8 Å². The first-order valence-electron chi connectivity index (χ1n) is 12.5. The Balaban J connectivity index is 0.000000212. The molecule has 0 unspecified atom stereocenters. The monoisotopic (exact) mass is 545 g/mol. The molecule has 0 bridgehead atoms. The molecule has 0 aromatic heterocycles. The van der Waals surface area contributed by atoms with E-state index in [2.05, 4.69) is 4.90 Å². The number of carbonyl (C=O) groups excluding carboxylic acids is 2. The largest absolute Gasteiger partial charge is 0.312 e. The maximum absolute atomic E-state index is 12.0. The molecular weight excluding hydrogens is 514 g/mol. The summed E-state index contributed by atoms with van der Waals surface area (Å²) in [7, 11) is 3.99. The fourth-order valence-electron chi connectivity index (χ4n) is 4.57. The molecule has 2 amide bonds. The molecule has 11 nitrogen and oxygen atoms in total. The molecule has 0 aliphatic carbocycles. The molecule has 0 saturated heterocycles. The van der Waals surface area contributed by atoms with Crippen molar-refractivity contribution < 1.29 is 19.4 Å². The summed E-state index contributed by atoms with van der Waals surface area (Å²) in [6, 6.07) is 9.39. The van der Waals surface area contributed by atoms with Crippen molar-refractivity contribution in [3.63, 3.8) is 0 Å². The average Bonchev–Trinajstić information content (AvgIpc) is 2.89. The molecule has 2 heterocycles. The van der Waals surface area contributed by atoms with Gasteiger partial charge in [-0.15, -0.1) is 11.6 Å². The van der Waals surface area contributed by atoms with Gasteiger partial charge in [-0.05, 0) is 69.6 Å². The zero-order valence-corrected chi connectivity index (χ0v) is 22.4. The number of rotatable bonds is 9. The van der Waals surface area contributed by atoms with Crippen LogP contribution in [0.5, 0.6) is 0 Å². The minimum atomic E-state index is -0.417. The van der Waals surface area contributed by atoms with Crippen LogP contribution in [-0.4, -0.2) is 66.2 Å². The Labute approximate surface area is 226 Å². The van der Waals surface area contributed by atoms with Crippen LogP contribution in [0.25, 0.3) is 0 Å². The summed E-state index contributed by atoms with van der Waals surface area (Å²) in [6.45, 7) is 2.13. The van der Waals surface area contributed by atoms with E-state index in [1.807, 2.05) is 14.1 Å². The molecule has 204 valence electrons. The van der Waals surface area contributed by atoms with Gasteiger partial charge in [0.25, 0.3) is 11.4 Å². The van der Waals surface area contributed by atoms with Crippen LogP contribution in [0, 0.1) is 20.2 Å². The maximum atomic E-state index is 12.0. The third kappa shape index (κ3) is 7.26. The lowest BCUT2D eigenvalue weighted by Crippen LogP contribution is -2.36. The normalized spacial score (nSPS) is 14.5. The van der Waals surface area contributed by atoms with E-state index in [0.29, 0.717) is 51.1 Å². The molecular formula is C26H32ClN5O6. The Kier molecular flexibility index (Phi) is 10.1. The lowest BCUT2D eigenvalue weighted by molar-refractivity contribution is -0.385. The van der Waals surface area contributed by atoms with Gasteiger partial charge in [0.05, 0.1) is 9.85 Å². The quantitative estimate of drug-likeness (QED) is 0.260. The number of hydrogen-bond acceptors (Lipinski definition) is 7. The Morgan fingerprint density at radius 3 is 1.63 bits per heavy atom. The summed E-state index contributed by atoms with van der Waals surface area (Å²) in [4.78, 5) is 50.1. The number of aryl methyl sites for hydroxylation is 2.